The summed E-state index contributed by atoms with van der Waals surface area (Å²) in [5.74, 6) is 1.98. The van der Waals surface area contributed by atoms with Gasteiger partial charge in [-0.05, 0) is 55.7 Å². The minimum Gasteiger partial charge on any atom is -0.454 e. The lowest BCUT2D eigenvalue weighted by Gasteiger charge is -2.21. The number of benzene rings is 2. The first-order valence-electron chi connectivity index (χ1n) is 8.23. The minimum absolute atomic E-state index is 0.0343. The number of aryl methyl sites for hydroxylation is 1. The van der Waals surface area contributed by atoms with Gasteiger partial charge in [0.2, 0.25) is 12.7 Å². The van der Waals surface area contributed by atoms with E-state index in [1.165, 1.54) is 0 Å². The molecule has 3 aromatic rings. The average Bonchev–Trinajstić information content (AvgIpc) is 3.25. The van der Waals surface area contributed by atoms with Gasteiger partial charge in [-0.15, -0.1) is 0 Å². The predicted molar refractivity (Wildman–Crippen MR) is 93.6 cm³/mol. The van der Waals surface area contributed by atoms with Crippen molar-refractivity contribution in [1.82, 2.24) is 4.98 Å². The highest BCUT2D eigenvalue weighted by atomic mass is 16.7. The van der Waals surface area contributed by atoms with Crippen LogP contribution >= 0.6 is 0 Å². The molecule has 1 aliphatic heterocycles. The van der Waals surface area contributed by atoms with Crippen LogP contribution in [0.2, 0.25) is 0 Å². The van der Waals surface area contributed by atoms with Crippen LogP contribution in [0, 0.1) is 0 Å². The number of oxazole rings is 1. The van der Waals surface area contributed by atoms with E-state index in [9.17, 15) is 5.11 Å². The Hall–Kier alpha value is -2.57. The van der Waals surface area contributed by atoms with Gasteiger partial charge in [0.1, 0.15) is 5.52 Å². The van der Waals surface area contributed by atoms with Crippen LogP contribution < -0.4 is 15.2 Å². The van der Waals surface area contributed by atoms with Gasteiger partial charge in [0.25, 0.3) is 0 Å². The Kier molecular flexibility index (Phi) is 3.86. The van der Waals surface area contributed by atoms with Crippen molar-refractivity contribution in [3.63, 3.8) is 0 Å². The van der Waals surface area contributed by atoms with Gasteiger partial charge in [0, 0.05) is 11.1 Å². The van der Waals surface area contributed by atoms with E-state index in [-0.39, 0.29) is 13.4 Å². The van der Waals surface area contributed by atoms with Gasteiger partial charge in [0.05, 0.1) is 6.61 Å². The zero-order valence-electron chi connectivity index (χ0n) is 14.0. The first-order valence-corrected chi connectivity index (χ1v) is 8.23. The average molecular weight is 340 g/mol. The SMILES string of the molecule is C[C@](N)(CO)CCc1ccc2oc(-c3ccc4c(c3)OCO4)nc2c1. The molecule has 1 aromatic heterocycles. The number of aliphatic hydroxyl groups is 1. The summed E-state index contributed by atoms with van der Waals surface area (Å²) in [6, 6.07) is 11.6. The number of nitrogens with two attached hydrogens (primary N) is 1. The van der Waals surface area contributed by atoms with Crippen LogP contribution in [0.15, 0.2) is 40.8 Å². The number of fused-ring (bicyclic) bond motifs is 2. The van der Waals surface area contributed by atoms with Gasteiger partial charge in [-0.3, -0.25) is 0 Å². The number of nitrogens with zero attached hydrogens (tertiary/aromatic N) is 1. The van der Waals surface area contributed by atoms with E-state index < -0.39 is 5.54 Å². The van der Waals surface area contributed by atoms with E-state index in [1.807, 2.05) is 43.3 Å². The van der Waals surface area contributed by atoms with Gasteiger partial charge in [-0.1, -0.05) is 6.07 Å². The molecule has 0 saturated carbocycles. The summed E-state index contributed by atoms with van der Waals surface area (Å²) in [7, 11) is 0. The Labute approximate surface area is 145 Å². The third-order valence-electron chi connectivity index (χ3n) is 4.42. The summed E-state index contributed by atoms with van der Waals surface area (Å²) in [4.78, 5) is 4.59. The van der Waals surface area contributed by atoms with Crippen molar-refractivity contribution in [1.29, 1.82) is 0 Å². The van der Waals surface area contributed by atoms with E-state index in [2.05, 4.69) is 4.98 Å². The summed E-state index contributed by atoms with van der Waals surface area (Å²) in [6.45, 7) is 2.05. The molecule has 0 fully saturated rings. The van der Waals surface area contributed by atoms with Crippen LogP contribution in [0.25, 0.3) is 22.6 Å². The fourth-order valence-electron chi connectivity index (χ4n) is 2.79. The van der Waals surface area contributed by atoms with Gasteiger partial charge in [-0.25, -0.2) is 4.98 Å². The van der Waals surface area contributed by atoms with Crippen molar-refractivity contribution in [3.8, 4) is 23.0 Å². The molecule has 6 nitrogen and oxygen atoms in total. The normalized spacial score (nSPS) is 15.5. The van der Waals surface area contributed by atoms with Crippen molar-refractivity contribution < 1.29 is 19.0 Å². The van der Waals surface area contributed by atoms with Gasteiger partial charge >= 0.3 is 0 Å². The summed E-state index contributed by atoms with van der Waals surface area (Å²) >= 11 is 0. The number of hydrogen-bond acceptors (Lipinski definition) is 6. The lowest BCUT2D eigenvalue weighted by atomic mass is 9.95. The van der Waals surface area contributed by atoms with Crippen LogP contribution in [0.5, 0.6) is 11.5 Å². The first-order chi connectivity index (χ1) is 12.0. The monoisotopic (exact) mass is 340 g/mol. The molecule has 2 aromatic carbocycles. The second-order valence-corrected chi connectivity index (χ2v) is 6.70. The Morgan fingerprint density at radius 1 is 1.16 bits per heavy atom. The zero-order chi connectivity index (χ0) is 17.4. The van der Waals surface area contributed by atoms with Crippen molar-refractivity contribution in [3.05, 3.63) is 42.0 Å². The molecule has 0 aliphatic carbocycles. The fraction of sp³-hybridized carbons (Fsp3) is 0.316. The Morgan fingerprint density at radius 3 is 2.84 bits per heavy atom. The maximum Gasteiger partial charge on any atom is 0.231 e. The number of hydrogen-bond donors (Lipinski definition) is 2. The molecule has 0 radical (unpaired) electrons. The molecule has 0 saturated heterocycles. The Morgan fingerprint density at radius 2 is 2.00 bits per heavy atom. The number of aliphatic hydroxyl groups excluding tert-OH is 1. The van der Waals surface area contributed by atoms with Gasteiger partial charge in [-0.2, -0.15) is 0 Å². The topological polar surface area (TPSA) is 90.7 Å². The molecule has 130 valence electrons. The van der Waals surface area contributed by atoms with Crippen molar-refractivity contribution in [2.24, 2.45) is 5.73 Å². The van der Waals surface area contributed by atoms with E-state index in [1.54, 1.807) is 0 Å². The lowest BCUT2D eigenvalue weighted by Crippen LogP contribution is -2.40. The summed E-state index contributed by atoms with van der Waals surface area (Å²) in [5.41, 5.74) is 8.91. The molecule has 0 bridgehead atoms. The van der Waals surface area contributed by atoms with Crippen LogP contribution in [0.1, 0.15) is 18.9 Å². The molecule has 25 heavy (non-hydrogen) atoms. The second kappa shape index (κ2) is 6.06. The molecular formula is C19H20N2O4. The highest BCUT2D eigenvalue weighted by Crippen LogP contribution is 2.36. The molecule has 1 aliphatic rings. The van der Waals surface area contributed by atoms with Gasteiger partial charge < -0.3 is 24.7 Å². The summed E-state index contributed by atoms with van der Waals surface area (Å²) < 4.78 is 16.6. The third kappa shape index (κ3) is 3.18. The lowest BCUT2D eigenvalue weighted by molar-refractivity contribution is 0.174. The molecular weight excluding hydrogens is 320 g/mol. The largest absolute Gasteiger partial charge is 0.454 e. The molecule has 0 amide bonds. The minimum atomic E-state index is -0.573. The number of ether oxygens (including phenoxy) is 2. The van der Waals surface area contributed by atoms with E-state index in [0.717, 1.165) is 34.4 Å². The fourth-order valence-corrected chi connectivity index (χ4v) is 2.79. The predicted octanol–water partition coefficient (Wildman–Crippen LogP) is 2.87. The summed E-state index contributed by atoms with van der Waals surface area (Å²) in [5, 5.41) is 9.27. The molecule has 2 heterocycles. The van der Waals surface area contributed by atoms with Crippen molar-refractivity contribution in [2.45, 2.75) is 25.3 Å². The highest BCUT2D eigenvalue weighted by molar-refractivity contribution is 5.77. The third-order valence-corrected chi connectivity index (χ3v) is 4.42. The van der Waals surface area contributed by atoms with Crippen molar-refractivity contribution >= 4 is 11.1 Å². The smallest absolute Gasteiger partial charge is 0.231 e. The van der Waals surface area contributed by atoms with E-state index in [0.29, 0.717) is 18.1 Å². The first kappa shape index (κ1) is 15.9. The van der Waals surface area contributed by atoms with Crippen molar-refractivity contribution in [2.75, 3.05) is 13.4 Å². The molecule has 1 atom stereocenters. The summed E-state index contributed by atoms with van der Waals surface area (Å²) in [6.07, 6.45) is 1.47. The molecule has 6 heteroatoms. The Balaban J connectivity index is 1.60. The maximum absolute atomic E-state index is 9.27. The highest BCUT2D eigenvalue weighted by Gasteiger charge is 2.18. The molecule has 0 unspecified atom stereocenters. The number of aromatic nitrogens is 1. The van der Waals surface area contributed by atoms with Gasteiger partial charge in [0.15, 0.2) is 17.1 Å². The zero-order valence-corrected chi connectivity index (χ0v) is 14.0. The molecule has 0 spiro atoms. The molecule has 3 N–H and O–H groups in total. The van der Waals surface area contributed by atoms with Crippen LogP contribution in [-0.2, 0) is 6.42 Å². The van der Waals surface area contributed by atoms with E-state index in [4.69, 9.17) is 19.6 Å². The standard InChI is InChI=1S/C19H20N2O4/c1-19(20,10-22)7-6-12-2-4-15-14(8-12)21-18(25-15)13-3-5-16-17(9-13)24-11-23-16/h2-5,8-9,22H,6-7,10-11,20H2,1H3/t19-/m1/s1. The van der Waals surface area contributed by atoms with Crippen LogP contribution in [0.3, 0.4) is 0 Å². The molecule has 4 rings (SSSR count). The van der Waals surface area contributed by atoms with E-state index >= 15 is 0 Å². The quantitative estimate of drug-likeness (QED) is 0.742. The number of rotatable bonds is 5. The second-order valence-electron chi connectivity index (χ2n) is 6.70. The maximum atomic E-state index is 9.27. The Bertz CT molecular complexity index is 917. The van der Waals surface area contributed by atoms with Crippen LogP contribution in [-0.4, -0.2) is 29.0 Å². The van der Waals surface area contributed by atoms with Crippen LogP contribution in [0.4, 0.5) is 0 Å².